The summed E-state index contributed by atoms with van der Waals surface area (Å²) in [7, 11) is 0. The lowest BCUT2D eigenvalue weighted by atomic mass is 9.68. The molecule has 0 radical (unpaired) electrons. The molecule has 3 aromatic rings. The molecule has 0 unspecified atom stereocenters. The smallest absolute Gasteiger partial charge is 0.231 e. The maximum atomic E-state index is 14.6. The number of hydrogen-bond donors (Lipinski definition) is 1. The largest absolute Gasteiger partial charge is 0.351 e. The molecule has 1 saturated carbocycles. The maximum absolute atomic E-state index is 14.6. The van der Waals surface area contributed by atoms with Crippen LogP contribution in [-0.2, 0) is 16.8 Å². The van der Waals surface area contributed by atoms with Gasteiger partial charge in [-0.2, -0.15) is 0 Å². The number of rotatable bonds is 5. The van der Waals surface area contributed by atoms with Crippen LogP contribution in [0.4, 0.5) is 4.39 Å². The Bertz CT molecular complexity index is 977. The van der Waals surface area contributed by atoms with E-state index in [9.17, 15) is 9.18 Å². The monoisotopic (exact) mass is 387 g/mol. The van der Waals surface area contributed by atoms with Crippen LogP contribution in [0.2, 0.25) is 0 Å². The Morgan fingerprint density at radius 3 is 2.24 bits per heavy atom. The van der Waals surface area contributed by atoms with Crippen molar-refractivity contribution < 1.29 is 9.18 Å². The van der Waals surface area contributed by atoms with Crippen molar-refractivity contribution in [1.29, 1.82) is 0 Å². The molecule has 1 aliphatic carbocycles. The standard InChI is InChI=1S/C26H26FNO/c27-24-16-8-7-15-23(24)26(17-9-2-10-18-26)25(29)28-19-21-13-5-6-14-22(21)20-11-3-1-4-12-20/h1,3-8,11-16H,2,9-10,17-19H2,(H,28,29). The van der Waals surface area contributed by atoms with E-state index in [-0.39, 0.29) is 11.7 Å². The number of nitrogens with one attached hydrogen (secondary N) is 1. The summed E-state index contributed by atoms with van der Waals surface area (Å²) in [5.41, 5.74) is 3.06. The summed E-state index contributed by atoms with van der Waals surface area (Å²) >= 11 is 0. The molecule has 0 atom stereocenters. The van der Waals surface area contributed by atoms with Crippen molar-refractivity contribution in [2.75, 3.05) is 0 Å². The minimum Gasteiger partial charge on any atom is -0.351 e. The van der Waals surface area contributed by atoms with Gasteiger partial charge >= 0.3 is 0 Å². The van der Waals surface area contributed by atoms with Crippen LogP contribution in [-0.4, -0.2) is 5.91 Å². The highest BCUT2D eigenvalue weighted by molar-refractivity contribution is 5.88. The van der Waals surface area contributed by atoms with E-state index in [0.29, 0.717) is 24.9 Å². The molecule has 3 heteroatoms. The topological polar surface area (TPSA) is 29.1 Å². The Hall–Kier alpha value is -2.94. The van der Waals surface area contributed by atoms with E-state index in [1.807, 2.05) is 42.5 Å². The Kier molecular flexibility index (Phi) is 5.75. The third kappa shape index (κ3) is 3.95. The molecule has 0 aromatic heterocycles. The van der Waals surface area contributed by atoms with Crippen LogP contribution in [0, 0.1) is 5.82 Å². The van der Waals surface area contributed by atoms with Gasteiger partial charge in [0.2, 0.25) is 5.91 Å². The SMILES string of the molecule is O=C(NCc1ccccc1-c1ccccc1)C1(c2ccccc2F)CCCCC1. The summed E-state index contributed by atoms with van der Waals surface area (Å²) in [6.07, 6.45) is 4.38. The van der Waals surface area contributed by atoms with Crippen molar-refractivity contribution in [2.24, 2.45) is 0 Å². The zero-order valence-electron chi connectivity index (χ0n) is 16.5. The van der Waals surface area contributed by atoms with E-state index in [1.165, 1.54) is 6.07 Å². The minimum atomic E-state index is -0.773. The summed E-state index contributed by atoms with van der Waals surface area (Å²) < 4.78 is 14.6. The third-order valence-corrected chi connectivity index (χ3v) is 6.07. The van der Waals surface area contributed by atoms with Gasteiger partial charge in [-0.3, -0.25) is 4.79 Å². The van der Waals surface area contributed by atoms with Crippen LogP contribution in [0.15, 0.2) is 78.9 Å². The number of hydrogen-bond acceptors (Lipinski definition) is 1. The second-order valence-corrected chi connectivity index (χ2v) is 7.83. The molecular weight excluding hydrogens is 361 g/mol. The molecule has 0 aliphatic heterocycles. The lowest BCUT2D eigenvalue weighted by molar-refractivity contribution is -0.128. The van der Waals surface area contributed by atoms with Gasteiger partial charge in [-0.25, -0.2) is 4.39 Å². The van der Waals surface area contributed by atoms with Crippen LogP contribution in [0.3, 0.4) is 0 Å². The predicted octanol–water partition coefficient (Wildman–Crippen LogP) is 6.01. The van der Waals surface area contributed by atoms with E-state index in [4.69, 9.17) is 0 Å². The maximum Gasteiger partial charge on any atom is 0.231 e. The Morgan fingerprint density at radius 2 is 1.48 bits per heavy atom. The van der Waals surface area contributed by atoms with Gasteiger partial charge in [-0.05, 0) is 35.6 Å². The van der Waals surface area contributed by atoms with Crippen molar-refractivity contribution in [2.45, 2.75) is 44.1 Å². The summed E-state index contributed by atoms with van der Waals surface area (Å²) in [4.78, 5) is 13.4. The molecular formula is C26H26FNO. The zero-order chi connectivity index (χ0) is 20.1. The Morgan fingerprint density at radius 1 is 0.828 bits per heavy atom. The van der Waals surface area contributed by atoms with E-state index in [1.54, 1.807) is 12.1 Å². The highest BCUT2D eigenvalue weighted by atomic mass is 19.1. The molecule has 1 N–H and O–H groups in total. The first kappa shape index (κ1) is 19.4. The first-order valence-electron chi connectivity index (χ1n) is 10.4. The van der Waals surface area contributed by atoms with Crippen LogP contribution >= 0.6 is 0 Å². The molecule has 4 rings (SSSR count). The van der Waals surface area contributed by atoms with Crippen molar-refractivity contribution in [3.05, 3.63) is 95.8 Å². The fourth-order valence-electron chi connectivity index (χ4n) is 4.54. The average molecular weight is 387 g/mol. The van der Waals surface area contributed by atoms with Gasteiger partial charge in [0.05, 0.1) is 5.41 Å². The molecule has 0 spiro atoms. The molecule has 29 heavy (non-hydrogen) atoms. The van der Waals surface area contributed by atoms with Crippen LogP contribution in [0.25, 0.3) is 11.1 Å². The fraction of sp³-hybridized carbons (Fsp3) is 0.269. The summed E-state index contributed by atoms with van der Waals surface area (Å²) in [6, 6.07) is 25.0. The van der Waals surface area contributed by atoms with Gasteiger partial charge in [-0.15, -0.1) is 0 Å². The predicted molar refractivity (Wildman–Crippen MR) is 115 cm³/mol. The molecule has 1 amide bonds. The van der Waals surface area contributed by atoms with Crippen LogP contribution < -0.4 is 5.32 Å². The Labute approximate surface area is 171 Å². The van der Waals surface area contributed by atoms with Crippen LogP contribution in [0.1, 0.15) is 43.2 Å². The third-order valence-electron chi connectivity index (χ3n) is 6.07. The first-order valence-corrected chi connectivity index (χ1v) is 10.4. The molecule has 0 bridgehead atoms. The van der Waals surface area contributed by atoms with E-state index < -0.39 is 5.41 Å². The van der Waals surface area contributed by atoms with Gasteiger partial charge in [0.1, 0.15) is 5.82 Å². The zero-order valence-corrected chi connectivity index (χ0v) is 16.5. The minimum absolute atomic E-state index is 0.0647. The van der Waals surface area contributed by atoms with Crippen molar-refractivity contribution in [1.82, 2.24) is 5.32 Å². The molecule has 3 aromatic carbocycles. The van der Waals surface area contributed by atoms with E-state index in [0.717, 1.165) is 36.0 Å². The number of halogens is 1. The quantitative estimate of drug-likeness (QED) is 0.571. The number of carbonyl (C=O) groups is 1. The molecule has 1 aliphatic rings. The molecule has 0 saturated heterocycles. The molecule has 1 fully saturated rings. The second-order valence-electron chi connectivity index (χ2n) is 7.83. The fourth-order valence-corrected chi connectivity index (χ4v) is 4.54. The Balaban J connectivity index is 1.60. The van der Waals surface area contributed by atoms with Crippen molar-refractivity contribution in [3.8, 4) is 11.1 Å². The lowest BCUT2D eigenvalue weighted by Gasteiger charge is -2.36. The van der Waals surface area contributed by atoms with Crippen LogP contribution in [0.5, 0.6) is 0 Å². The summed E-state index contributed by atoms with van der Waals surface area (Å²) in [5.74, 6) is -0.348. The number of carbonyl (C=O) groups excluding carboxylic acids is 1. The summed E-state index contributed by atoms with van der Waals surface area (Å²) in [5, 5.41) is 3.14. The molecule has 2 nitrogen and oxygen atoms in total. The molecule has 148 valence electrons. The van der Waals surface area contributed by atoms with Crippen molar-refractivity contribution >= 4 is 5.91 Å². The van der Waals surface area contributed by atoms with Gasteiger partial charge in [0.15, 0.2) is 0 Å². The summed E-state index contributed by atoms with van der Waals surface area (Å²) in [6.45, 7) is 0.431. The average Bonchev–Trinajstić information content (AvgIpc) is 2.79. The van der Waals surface area contributed by atoms with E-state index >= 15 is 0 Å². The number of amides is 1. The molecule has 0 heterocycles. The van der Waals surface area contributed by atoms with Gasteiger partial charge in [0.25, 0.3) is 0 Å². The van der Waals surface area contributed by atoms with Gasteiger partial charge < -0.3 is 5.32 Å². The van der Waals surface area contributed by atoms with Gasteiger partial charge in [-0.1, -0.05) is 92.1 Å². The highest BCUT2D eigenvalue weighted by Crippen LogP contribution is 2.41. The van der Waals surface area contributed by atoms with Crippen molar-refractivity contribution in [3.63, 3.8) is 0 Å². The highest BCUT2D eigenvalue weighted by Gasteiger charge is 2.42. The first-order chi connectivity index (χ1) is 14.2. The van der Waals surface area contributed by atoms with Gasteiger partial charge in [0, 0.05) is 12.1 Å². The number of benzene rings is 3. The lowest BCUT2D eigenvalue weighted by Crippen LogP contribution is -2.46. The second kappa shape index (κ2) is 8.60. The normalized spacial score (nSPS) is 15.6. The van der Waals surface area contributed by atoms with E-state index in [2.05, 4.69) is 23.5 Å².